The third-order valence-corrected chi connectivity index (χ3v) is 5.11. The minimum Gasteiger partial charge on any atom is -0.330 e. The van der Waals surface area contributed by atoms with Crippen molar-refractivity contribution in [2.45, 2.75) is 44.6 Å². The quantitative estimate of drug-likeness (QED) is 0.769. The van der Waals surface area contributed by atoms with E-state index < -0.39 is 10.0 Å². The van der Waals surface area contributed by atoms with E-state index in [-0.39, 0.29) is 11.8 Å². The molecule has 4 nitrogen and oxygen atoms in total. The van der Waals surface area contributed by atoms with Crippen molar-refractivity contribution in [3.8, 4) is 0 Å². The molecule has 90 valence electrons. The van der Waals surface area contributed by atoms with Crippen molar-refractivity contribution < 1.29 is 8.42 Å². The maximum Gasteiger partial charge on any atom is 0.214 e. The van der Waals surface area contributed by atoms with Gasteiger partial charge in [0.15, 0.2) is 0 Å². The highest BCUT2D eigenvalue weighted by molar-refractivity contribution is 7.89. The fraction of sp³-hybridized carbons (Fsp3) is 1.00. The molecule has 0 atom stereocenters. The molecule has 0 bridgehead atoms. The largest absolute Gasteiger partial charge is 0.330 e. The maximum atomic E-state index is 11.9. The molecule has 1 fully saturated rings. The fourth-order valence-corrected chi connectivity index (χ4v) is 3.57. The van der Waals surface area contributed by atoms with Crippen molar-refractivity contribution in [2.75, 3.05) is 19.3 Å². The summed E-state index contributed by atoms with van der Waals surface area (Å²) in [6.45, 7) is 0.442. The minimum atomic E-state index is -3.07. The highest BCUT2D eigenvalue weighted by atomic mass is 32.2. The van der Waals surface area contributed by atoms with E-state index in [2.05, 4.69) is 0 Å². The smallest absolute Gasteiger partial charge is 0.214 e. The van der Waals surface area contributed by atoms with Crippen LogP contribution in [0.4, 0.5) is 0 Å². The van der Waals surface area contributed by atoms with Crippen LogP contribution in [0.1, 0.15) is 38.5 Å². The Kier molecular flexibility index (Phi) is 5.02. The van der Waals surface area contributed by atoms with Crippen LogP contribution in [-0.4, -0.2) is 38.1 Å². The van der Waals surface area contributed by atoms with Gasteiger partial charge in [-0.15, -0.1) is 0 Å². The van der Waals surface area contributed by atoms with E-state index in [1.807, 2.05) is 0 Å². The van der Waals surface area contributed by atoms with Crippen molar-refractivity contribution in [3.63, 3.8) is 0 Å². The number of nitrogens with two attached hydrogens (primary N) is 1. The van der Waals surface area contributed by atoms with Crippen LogP contribution < -0.4 is 5.73 Å². The van der Waals surface area contributed by atoms with Crippen LogP contribution in [0.15, 0.2) is 0 Å². The second kappa shape index (κ2) is 5.82. The summed E-state index contributed by atoms with van der Waals surface area (Å²) in [6, 6.07) is 0.224. The van der Waals surface area contributed by atoms with E-state index in [0.29, 0.717) is 13.0 Å². The van der Waals surface area contributed by atoms with Gasteiger partial charge in [-0.25, -0.2) is 12.7 Å². The molecule has 0 saturated heterocycles. The molecule has 0 aromatic rings. The lowest BCUT2D eigenvalue weighted by molar-refractivity contribution is 0.285. The predicted molar refractivity (Wildman–Crippen MR) is 62.1 cm³/mol. The number of sulfonamides is 1. The summed E-state index contributed by atoms with van der Waals surface area (Å²) in [6.07, 6.45) is 6.13. The Morgan fingerprint density at radius 2 is 1.87 bits per heavy atom. The normalized spacial score (nSPS) is 19.7. The van der Waals surface area contributed by atoms with Crippen LogP contribution in [-0.2, 0) is 10.0 Å². The molecule has 1 saturated carbocycles. The van der Waals surface area contributed by atoms with Crippen molar-refractivity contribution in [1.29, 1.82) is 0 Å². The van der Waals surface area contributed by atoms with E-state index >= 15 is 0 Å². The molecule has 0 amide bonds. The Morgan fingerprint density at radius 1 is 1.27 bits per heavy atom. The van der Waals surface area contributed by atoms with Crippen LogP contribution >= 0.6 is 0 Å². The van der Waals surface area contributed by atoms with Crippen LogP contribution in [0.3, 0.4) is 0 Å². The molecule has 0 aromatic carbocycles. The zero-order valence-corrected chi connectivity index (χ0v) is 10.3. The molecular weight excluding hydrogens is 212 g/mol. The van der Waals surface area contributed by atoms with Gasteiger partial charge in [0.2, 0.25) is 10.0 Å². The van der Waals surface area contributed by atoms with Gasteiger partial charge in [0.1, 0.15) is 0 Å². The standard InChI is InChI=1S/C10H22N2O2S/c1-12(10-6-3-2-4-7-10)15(13,14)9-5-8-11/h10H,2-9,11H2,1H3. The van der Waals surface area contributed by atoms with Crippen molar-refractivity contribution >= 4 is 10.0 Å². The Morgan fingerprint density at radius 3 is 2.40 bits per heavy atom. The lowest BCUT2D eigenvalue weighted by atomic mass is 9.96. The lowest BCUT2D eigenvalue weighted by Crippen LogP contribution is -2.39. The molecule has 0 aliphatic heterocycles. The summed E-state index contributed by atoms with van der Waals surface area (Å²) in [7, 11) is -1.36. The number of rotatable bonds is 5. The van der Waals surface area contributed by atoms with Crippen LogP contribution in [0.5, 0.6) is 0 Å². The number of hydrogen-bond acceptors (Lipinski definition) is 3. The predicted octanol–water partition coefficient (Wildman–Crippen LogP) is 0.929. The Balaban J connectivity index is 2.53. The zero-order valence-electron chi connectivity index (χ0n) is 9.48. The van der Waals surface area contributed by atoms with Gasteiger partial charge in [0.05, 0.1) is 5.75 Å². The average molecular weight is 234 g/mol. The monoisotopic (exact) mass is 234 g/mol. The summed E-state index contributed by atoms with van der Waals surface area (Å²) in [5.41, 5.74) is 5.33. The molecule has 0 aromatic heterocycles. The van der Waals surface area contributed by atoms with E-state index in [0.717, 1.165) is 25.7 Å². The Labute approximate surface area is 92.9 Å². The lowest BCUT2D eigenvalue weighted by Gasteiger charge is -2.30. The molecule has 0 unspecified atom stereocenters. The Hall–Kier alpha value is -0.130. The van der Waals surface area contributed by atoms with Crippen molar-refractivity contribution in [3.05, 3.63) is 0 Å². The van der Waals surface area contributed by atoms with E-state index in [4.69, 9.17) is 5.73 Å². The first-order valence-electron chi connectivity index (χ1n) is 5.73. The van der Waals surface area contributed by atoms with Crippen LogP contribution in [0.2, 0.25) is 0 Å². The Bertz CT molecular complexity index is 271. The summed E-state index contributed by atoms with van der Waals surface area (Å²) in [4.78, 5) is 0. The van der Waals surface area contributed by atoms with Crippen molar-refractivity contribution in [2.24, 2.45) is 5.73 Å². The van der Waals surface area contributed by atoms with Gasteiger partial charge in [0, 0.05) is 13.1 Å². The van der Waals surface area contributed by atoms with Gasteiger partial charge < -0.3 is 5.73 Å². The SMILES string of the molecule is CN(C1CCCCC1)S(=O)(=O)CCCN. The second-order valence-electron chi connectivity index (χ2n) is 4.27. The second-order valence-corrected chi connectivity index (χ2v) is 6.41. The molecule has 1 rings (SSSR count). The third kappa shape index (κ3) is 3.74. The van der Waals surface area contributed by atoms with Crippen molar-refractivity contribution in [1.82, 2.24) is 4.31 Å². The summed E-state index contributed by atoms with van der Waals surface area (Å²) >= 11 is 0. The first kappa shape index (κ1) is 12.9. The zero-order chi connectivity index (χ0) is 11.3. The van der Waals surface area contributed by atoms with Gasteiger partial charge >= 0.3 is 0 Å². The fourth-order valence-electron chi connectivity index (χ4n) is 2.08. The van der Waals surface area contributed by atoms with Gasteiger partial charge in [-0.2, -0.15) is 0 Å². The maximum absolute atomic E-state index is 11.9. The highest BCUT2D eigenvalue weighted by Gasteiger charge is 2.26. The van der Waals surface area contributed by atoms with E-state index in [9.17, 15) is 8.42 Å². The first-order valence-corrected chi connectivity index (χ1v) is 7.34. The van der Waals surface area contributed by atoms with E-state index in [1.54, 1.807) is 11.4 Å². The average Bonchev–Trinajstić information content (AvgIpc) is 2.26. The van der Waals surface area contributed by atoms with Gasteiger partial charge in [-0.1, -0.05) is 19.3 Å². The summed E-state index contributed by atoms with van der Waals surface area (Å²) in [5.74, 6) is 0.191. The van der Waals surface area contributed by atoms with Crippen LogP contribution in [0, 0.1) is 0 Å². The molecule has 15 heavy (non-hydrogen) atoms. The molecule has 5 heteroatoms. The van der Waals surface area contributed by atoms with Gasteiger partial charge in [0.25, 0.3) is 0 Å². The van der Waals surface area contributed by atoms with Gasteiger partial charge in [-0.3, -0.25) is 0 Å². The minimum absolute atomic E-state index is 0.191. The molecule has 2 N–H and O–H groups in total. The van der Waals surface area contributed by atoms with Gasteiger partial charge in [-0.05, 0) is 25.8 Å². The molecule has 0 heterocycles. The molecule has 1 aliphatic carbocycles. The molecule has 0 spiro atoms. The number of hydrogen-bond donors (Lipinski definition) is 1. The topological polar surface area (TPSA) is 63.4 Å². The van der Waals surface area contributed by atoms with E-state index in [1.165, 1.54) is 6.42 Å². The third-order valence-electron chi connectivity index (χ3n) is 3.13. The summed E-state index contributed by atoms with van der Waals surface area (Å²) in [5, 5.41) is 0. The van der Waals surface area contributed by atoms with Crippen LogP contribution in [0.25, 0.3) is 0 Å². The highest BCUT2D eigenvalue weighted by Crippen LogP contribution is 2.23. The first-order chi connectivity index (χ1) is 7.08. The molecule has 0 radical (unpaired) electrons. The number of nitrogens with zero attached hydrogens (tertiary/aromatic N) is 1. The molecular formula is C10H22N2O2S. The summed E-state index contributed by atoms with van der Waals surface area (Å²) < 4.78 is 25.3. The molecule has 1 aliphatic rings.